The minimum atomic E-state index is -0.455. The lowest BCUT2D eigenvalue weighted by molar-refractivity contribution is -0.143. The molecule has 2 aliphatic rings. The van der Waals surface area contributed by atoms with Crippen molar-refractivity contribution in [1.29, 1.82) is 0 Å². The summed E-state index contributed by atoms with van der Waals surface area (Å²) in [5, 5.41) is 2.65. The maximum atomic E-state index is 13.8. The second kappa shape index (κ2) is 7.25. The molecule has 5 nitrogen and oxygen atoms in total. The number of carbonyl (C=O) groups excluding carboxylic acids is 2. The van der Waals surface area contributed by atoms with Crippen LogP contribution in [0.15, 0.2) is 36.9 Å². The molecule has 0 aromatic heterocycles. The van der Waals surface area contributed by atoms with E-state index in [1.165, 1.54) is 6.07 Å². The molecule has 3 rings (SSSR count). The molecule has 1 aromatic rings. The molecule has 0 saturated carbocycles. The molecule has 134 valence electrons. The molecule has 2 fully saturated rings. The van der Waals surface area contributed by atoms with Gasteiger partial charge in [0.25, 0.3) is 0 Å². The van der Waals surface area contributed by atoms with E-state index in [-0.39, 0.29) is 23.2 Å². The van der Waals surface area contributed by atoms with Gasteiger partial charge in [0.05, 0.1) is 11.2 Å². The average molecular weight is 345 g/mol. The Balaban J connectivity index is 1.75. The zero-order valence-corrected chi connectivity index (χ0v) is 14.3. The van der Waals surface area contributed by atoms with Crippen LogP contribution in [0.1, 0.15) is 32.1 Å². The summed E-state index contributed by atoms with van der Waals surface area (Å²) in [7, 11) is 0. The zero-order chi connectivity index (χ0) is 17.9. The molecule has 3 amide bonds. The molecule has 1 aromatic carbocycles. The predicted molar refractivity (Wildman–Crippen MR) is 94.7 cm³/mol. The van der Waals surface area contributed by atoms with Crippen molar-refractivity contribution >= 4 is 17.6 Å². The smallest absolute Gasteiger partial charge is 0.322 e. The summed E-state index contributed by atoms with van der Waals surface area (Å²) in [4.78, 5) is 28.6. The van der Waals surface area contributed by atoms with Gasteiger partial charge in [0.2, 0.25) is 5.91 Å². The van der Waals surface area contributed by atoms with Gasteiger partial charge in [-0.15, -0.1) is 6.58 Å². The highest BCUT2D eigenvalue weighted by atomic mass is 19.1. The molecule has 1 spiro atoms. The second-order valence-electron chi connectivity index (χ2n) is 6.81. The Labute approximate surface area is 147 Å². The van der Waals surface area contributed by atoms with Crippen LogP contribution in [-0.4, -0.2) is 46.9 Å². The van der Waals surface area contributed by atoms with E-state index in [9.17, 15) is 14.0 Å². The van der Waals surface area contributed by atoms with Gasteiger partial charge in [0, 0.05) is 26.1 Å². The van der Waals surface area contributed by atoms with Crippen LogP contribution >= 0.6 is 0 Å². The first kappa shape index (κ1) is 17.5. The quantitative estimate of drug-likeness (QED) is 0.854. The van der Waals surface area contributed by atoms with E-state index < -0.39 is 5.82 Å². The Hall–Kier alpha value is -2.37. The molecule has 2 heterocycles. The standard InChI is InChI=1S/C19H24FN3O2/c1-2-12-23-17(24)9-5-10-19(23)11-6-13-22(14-19)18(25)21-16-8-4-3-7-15(16)20/h2-4,7-8H,1,5-6,9-14H2,(H,21,25)/t19-/m1/s1. The Morgan fingerprint density at radius 3 is 2.84 bits per heavy atom. The van der Waals surface area contributed by atoms with Crippen LogP contribution in [0, 0.1) is 5.82 Å². The Kier molecular flexibility index (Phi) is 5.06. The third-order valence-corrected chi connectivity index (χ3v) is 5.18. The Morgan fingerprint density at radius 1 is 1.32 bits per heavy atom. The highest BCUT2D eigenvalue weighted by molar-refractivity contribution is 5.89. The summed E-state index contributed by atoms with van der Waals surface area (Å²) in [5.41, 5.74) is -0.149. The van der Waals surface area contributed by atoms with Crippen LogP contribution in [-0.2, 0) is 4.79 Å². The number of para-hydroxylation sites is 1. The van der Waals surface area contributed by atoms with Crippen LogP contribution in [0.3, 0.4) is 0 Å². The van der Waals surface area contributed by atoms with Crippen molar-refractivity contribution < 1.29 is 14.0 Å². The number of nitrogens with zero attached hydrogens (tertiary/aromatic N) is 2. The first-order valence-electron chi connectivity index (χ1n) is 8.77. The fraction of sp³-hybridized carbons (Fsp3) is 0.474. The van der Waals surface area contributed by atoms with Gasteiger partial charge in [0.15, 0.2) is 0 Å². The van der Waals surface area contributed by atoms with Crippen molar-refractivity contribution in [2.45, 2.75) is 37.6 Å². The number of hydrogen-bond acceptors (Lipinski definition) is 2. The number of rotatable bonds is 3. The minimum absolute atomic E-state index is 0.127. The lowest BCUT2D eigenvalue weighted by atomic mass is 9.79. The van der Waals surface area contributed by atoms with Crippen molar-refractivity contribution in [1.82, 2.24) is 9.80 Å². The van der Waals surface area contributed by atoms with Crippen LogP contribution in [0.5, 0.6) is 0 Å². The Morgan fingerprint density at radius 2 is 2.08 bits per heavy atom. The molecule has 0 bridgehead atoms. The van der Waals surface area contributed by atoms with Crippen LogP contribution in [0.4, 0.5) is 14.9 Å². The molecular weight excluding hydrogens is 321 g/mol. The predicted octanol–water partition coefficient (Wildman–Crippen LogP) is 3.39. The average Bonchev–Trinajstić information content (AvgIpc) is 2.61. The molecule has 2 saturated heterocycles. The lowest BCUT2D eigenvalue weighted by Gasteiger charge is -2.51. The number of anilines is 1. The van der Waals surface area contributed by atoms with E-state index in [0.29, 0.717) is 26.1 Å². The van der Waals surface area contributed by atoms with Crippen molar-refractivity contribution in [3.05, 3.63) is 42.7 Å². The molecule has 0 aliphatic carbocycles. The van der Waals surface area contributed by atoms with E-state index in [0.717, 1.165) is 25.7 Å². The SMILES string of the molecule is C=CCN1C(=O)CCC[C@]12CCCN(C(=O)Nc1ccccc1F)C2. The summed E-state index contributed by atoms with van der Waals surface area (Å²) in [5.74, 6) is -0.328. The lowest BCUT2D eigenvalue weighted by Crippen LogP contribution is -2.63. The van der Waals surface area contributed by atoms with Crippen molar-refractivity contribution in [2.24, 2.45) is 0 Å². The molecule has 0 radical (unpaired) electrons. The molecule has 2 aliphatic heterocycles. The summed E-state index contributed by atoms with van der Waals surface area (Å²) < 4.78 is 13.8. The van der Waals surface area contributed by atoms with Gasteiger partial charge in [-0.05, 0) is 37.8 Å². The monoisotopic (exact) mass is 345 g/mol. The van der Waals surface area contributed by atoms with Crippen LogP contribution in [0.2, 0.25) is 0 Å². The summed E-state index contributed by atoms with van der Waals surface area (Å²) >= 11 is 0. The number of nitrogens with one attached hydrogen (secondary N) is 1. The van der Waals surface area contributed by atoms with E-state index in [4.69, 9.17) is 0 Å². The number of likely N-dealkylation sites (tertiary alicyclic amines) is 2. The number of hydrogen-bond donors (Lipinski definition) is 1. The first-order valence-corrected chi connectivity index (χ1v) is 8.77. The first-order chi connectivity index (χ1) is 12.1. The van der Waals surface area contributed by atoms with Gasteiger partial charge in [-0.25, -0.2) is 9.18 Å². The van der Waals surface area contributed by atoms with E-state index >= 15 is 0 Å². The van der Waals surface area contributed by atoms with E-state index in [2.05, 4.69) is 11.9 Å². The second-order valence-corrected chi connectivity index (χ2v) is 6.81. The normalized spacial score (nSPS) is 23.6. The third-order valence-electron chi connectivity index (χ3n) is 5.18. The zero-order valence-electron chi connectivity index (χ0n) is 14.3. The van der Waals surface area contributed by atoms with Crippen LogP contribution < -0.4 is 5.32 Å². The summed E-state index contributed by atoms with van der Waals surface area (Å²) in [6.07, 6.45) is 5.73. The molecule has 0 unspecified atom stereocenters. The topological polar surface area (TPSA) is 52.7 Å². The molecular formula is C19H24FN3O2. The third kappa shape index (κ3) is 3.52. The molecule has 1 N–H and O–H groups in total. The van der Waals surface area contributed by atoms with Gasteiger partial charge in [-0.2, -0.15) is 0 Å². The van der Waals surface area contributed by atoms with Crippen molar-refractivity contribution in [3.8, 4) is 0 Å². The number of amides is 3. The molecule has 1 atom stereocenters. The van der Waals surface area contributed by atoms with Crippen molar-refractivity contribution in [3.63, 3.8) is 0 Å². The summed E-state index contributed by atoms with van der Waals surface area (Å²) in [6, 6.07) is 5.81. The van der Waals surface area contributed by atoms with Crippen molar-refractivity contribution in [2.75, 3.05) is 25.0 Å². The maximum absolute atomic E-state index is 13.8. The fourth-order valence-corrected chi connectivity index (χ4v) is 3.99. The largest absolute Gasteiger partial charge is 0.332 e. The molecule has 6 heteroatoms. The van der Waals surface area contributed by atoms with Gasteiger partial charge >= 0.3 is 6.03 Å². The highest BCUT2D eigenvalue weighted by Gasteiger charge is 2.45. The van der Waals surface area contributed by atoms with Gasteiger partial charge in [0.1, 0.15) is 5.82 Å². The van der Waals surface area contributed by atoms with E-state index in [1.54, 1.807) is 29.2 Å². The number of urea groups is 1. The van der Waals surface area contributed by atoms with Gasteiger partial charge in [-0.1, -0.05) is 18.2 Å². The number of piperidine rings is 2. The Bertz CT molecular complexity index is 674. The number of halogens is 1. The maximum Gasteiger partial charge on any atom is 0.322 e. The van der Waals surface area contributed by atoms with Crippen LogP contribution in [0.25, 0.3) is 0 Å². The highest BCUT2D eigenvalue weighted by Crippen LogP contribution is 2.36. The minimum Gasteiger partial charge on any atom is -0.332 e. The number of benzene rings is 1. The summed E-state index contributed by atoms with van der Waals surface area (Å²) in [6.45, 7) is 5.35. The fourth-order valence-electron chi connectivity index (χ4n) is 3.99. The van der Waals surface area contributed by atoms with Gasteiger partial charge < -0.3 is 15.1 Å². The van der Waals surface area contributed by atoms with Gasteiger partial charge in [-0.3, -0.25) is 4.79 Å². The number of carbonyl (C=O) groups is 2. The molecule has 25 heavy (non-hydrogen) atoms. The van der Waals surface area contributed by atoms with E-state index in [1.807, 2.05) is 4.90 Å².